The summed E-state index contributed by atoms with van der Waals surface area (Å²) in [6.45, 7) is 2.99. The Kier molecular flexibility index (Phi) is 7.16. The van der Waals surface area contributed by atoms with E-state index in [0.29, 0.717) is 49.0 Å². The molecule has 2 aromatic rings. The van der Waals surface area contributed by atoms with Gasteiger partial charge in [-0.15, -0.1) is 12.4 Å². The lowest BCUT2D eigenvalue weighted by Crippen LogP contribution is -2.37. The number of piperidine rings is 1. The molecular weight excluding hydrogens is 376 g/mol. The molecule has 1 aliphatic rings. The van der Waals surface area contributed by atoms with Crippen molar-refractivity contribution in [1.29, 1.82) is 0 Å². The maximum absolute atomic E-state index is 12.7. The Morgan fingerprint density at radius 3 is 2.54 bits per heavy atom. The SMILES string of the molecule is CNC(C)Cc1noc(C2CCN(S(=O)(=O)c3ccccc3)CC2)n1.Cl. The third kappa shape index (κ3) is 4.62. The van der Waals surface area contributed by atoms with Gasteiger partial charge in [0.25, 0.3) is 0 Å². The molecule has 1 unspecified atom stereocenters. The molecular formula is C17H25ClN4O3S. The fourth-order valence-electron chi connectivity index (χ4n) is 2.98. The molecule has 0 radical (unpaired) electrons. The van der Waals surface area contributed by atoms with Crippen LogP contribution >= 0.6 is 12.4 Å². The van der Waals surface area contributed by atoms with E-state index in [2.05, 4.69) is 22.4 Å². The van der Waals surface area contributed by atoms with Crippen LogP contribution in [0.15, 0.2) is 39.8 Å². The van der Waals surface area contributed by atoms with Gasteiger partial charge < -0.3 is 9.84 Å². The number of sulfonamides is 1. The Bertz CT molecular complexity index is 789. The van der Waals surface area contributed by atoms with Crippen LogP contribution in [0.3, 0.4) is 0 Å². The van der Waals surface area contributed by atoms with Crippen molar-refractivity contribution in [3.63, 3.8) is 0 Å². The molecule has 1 saturated heterocycles. The lowest BCUT2D eigenvalue weighted by molar-refractivity contribution is 0.270. The van der Waals surface area contributed by atoms with Crippen LogP contribution in [0, 0.1) is 0 Å². The number of hydrogen-bond donors (Lipinski definition) is 1. The van der Waals surface area contributed by atoms with E-state index >= 15 is 0 Å². The average Bonchev–Trinajstić information content (AvgIpc) is 3.11. The minimum Gasteiger partial charge on any atom is -0.339 e. The molecule has 7 nitrogen and oxygen atoms in total. The Hall–Kier alpha value is -1.48. The van der Waals surface area contributed by atoms with Gasteiger partial charge in [0.15, 0.2) is 5.82 Å². The van der Waals surface area contributed by atoms with Crippen LogP contribution in [0.4, 0.5) is 0 Å². The molecule has 0 amide bonds. The molecule has 1 N–H and O–H groups in total. The van der Waals surface area contributed by atoms with Crippen molar-refractivity contribution < 1.29 is 12.9 Å². The van der Waals surface area contributed by atoms with Crippen molar-refractivity contribution >= 4 is 22.4 Å². The molecule has 2 heterocycles. The highest BCUT2D eigenvalue weighted by atomic mass is 35.5. The fraction of sp³-hybridized carbons (Fsp3) is 0.529. The third-order valence-corrected chi connectivity index (χ3v) is 6.56. The highest BCUT2D eigenvalue weighted by molar-refractivity contribution is 7.89. The third-order valence-electron chi connectivity index (χ3n) is 4.65. The fourth-order valence-corrected chi connectivity index (χ4v) is 4.47. The van der Waals surface area contributed by atoms with Gasteiger partial charge in [-0.3, -0.25) is 0 Å². The minimum absolute atomic E-state index is 0. The van der Waals surface area contributed by atoms with E-state index in [0.717, 1.165) is 0 Å². The first kappa shape index (κ1) is 20.8. The maximum atomic E-state index is 12.7. The molecule has 1 atom stereocenters. The van der Waals surface area contributed by atoms with Crippen LogP contribution in [-0.2, 0) is 16.4 Å². The molecule has 1 aromatic carbocycles. The number of halogens is 1. The summed E-state index contributed by atoms with van der Waals surface area (Å²) in [6, 6.07) is 8.84. The first-order chi connectivity index (χ1) is 12.0. The van der Waals surface area contributed by atoms with E-state index in [1.807, 2.05) is 13.1 Å². The lowest BCUT2D eigenvalue weighted by Gasteiger charge is -2.29. The Morgan fingerprint density at radius 1 is 1.27 bits per heavy atom. The number of likely N-dealkylation sites (N-methyl/N-ethyl adjacent to an activating group) is 1. The lowest BCUT2D eigenvalue weighted by atomic mass is 9.98. The molecule has 1 aliphatic heterocycles. The Labute approximate surface area is 160 Å². The number of hydrogen-bond acceptors (Lipinski definition) is 6. The van der Waals surface area contributed by atoms with Gasteiger partial charge in [-0.1, -0.05) is 23.4 Å². The summed E-state index contributed by atoms with van der Waals surface area (Å²) in [7, 11) is -1.53. The second kappa shape index (κ2) is 8.94. The van der Waals surface area contributed by atoms with Crippen LogP contribution in [0.1, 0.15) is 37.4 Å². The average molecular weight is 401 g/mol. The van der Waals surface area contributed by atoms with Gasteiger partial charge in [0.05, 0.1) is 4.90 Å². The summed E-state index contributed by atoms with van der Waals surface area (Å²) in [5, 5.41) is 7.18. The van der Waals surface area contributed by atoms with Crippen molar-refractivity contribution in [2.24, 2.45) is 0 Å². The minimum atomic E-state index is -3.42. The summed E-state index contributed by atoms with van der Waals surface area (Å²) in [5.41, 5.74) is 0. The molecule has 1 fully saturated rings. The number of nitrogens with one attached hydrogen (secondary N) is 1. The molecule has 9 heteroatoms. The van der Waals surface area contributed by atoms with E-state index in [4.69, 9.17) is 4.52 Å². The van der Waals surface area contributed by atoms with Gasteiger partial charge in [0.1, 0.15) is 0 Å². The molecule has 3 rings (SSSR count). The van der Waals surface area contributed by atoms with Gasteiger partial charge >= 0.3 is 0 Å². The molecule has 0 spiro atoms. The van der Waals surface area contributed by atoms with Crippen molar-refractivity contribution in [1.82, 2.24) is 19.8 Å². The van der Waals surface area contributed by atoms with Gasteiger partial charge in [0, 0.05) is 31.5 Å². The highest BCUT2D eigenvalue weighted by Crippen LogP contribution is 2.29. The predicted molar refractivity (Wildman–Crippen MR) is 101 cm³/mol. The van der Waals surface area contributed by atoms with Crippen LogP contribution in [-0.4, -0.2) is 49.0 Å². The van der Waals surface area contributed by atoms with Crippen molar-refractivity contribution in [3.05, 3.63) is 42.0 Å². The molecule has 1 aromatic heterocycles. The van der Waals surface area contributed by atoms with Gasteiger partial charge in [0.2, 0.25) is 15.9 Å². The van der Waals surface area contributed by atoms with E-state index in [1.165, 1.54) is 0 Å². The molecule has 0 aliphatic carbocycles. The van der Waals surface area contributed by atoms with Gasteiger partial charge in [-0.25, -0.2) is 8.42 Å². The van der Waals surface area contributed by atoms with Crippen LogP contribution in [0.2, 0.25) is 0 Å². The highest BCUT2D eigenvalue weighted by Gasteiger charge is 2.32. The van der Waals surface area contributed by atoms with Crippen molar-refractivity contribution in [2.75, 3.05) is 20.1 Å². The second-order valence-electron chi connectivity index (χ2n) is 6.43. The molecule has 0 bridgehead atoms. The summed E-state index contributed by atoms with van der Waals surface area (Å²) in [5.74, 6) is 1.43. The number of aromatic nitrogens is 2. The summed E-state index contributed by atoms with van der Waals surface area (Å²) >= 11 is 0. The largest absolute Gasteiger partial charge is 0.339 e. The van der Waals surface area contributed by atoms with E-state index in [1.54, 1.807) is 28.6 Å². The van der Waals surface area contributed by atoms with E-state index < -0.39 is 10.0 Å². The molecule has 26 heavy (non-hydrogen) atoms. The first-order valence-electron chi connectivity index (χ1n) is 8.55. The normalized spacial score (nSPS) is 17.6. The topological polar surface area (TPSA) is 88.3 Å². The van der Waals surface area contributed by atoms with Crippen LogP contribution < -0.4 is 5.32 Å². The zero-order valence-corrected chi connectivity index (χ0v) is 16.6. The van der Waals surface area contributed by atoms with E-state index in [-0.39, 0.29) is 24.4 Å². The standard InChI is InChI=1S/C17H24N4O3S.ClH/c1-13(18-2)12-16-19-17(24-20-16)14-8-10-21(11-9-14)25(22,23)15-6-4-3-5-7-15;/h3-7,13-14,18H,8-12H2,1-2H3;1H. The monoisotopic (exact) mass is 400 g/mol. The van der Waals surface area contributed by atoms with Gasteiger partial charge in [-0.2, -0.15) is 9.29 Å². The second-order valence-corrected chi connectivity index (χ2v) is 8.37. The zero-order chi connectivity index (χ0) is 17.9. The van der Waals surface area contributed by atoms with Gasteiger partial charge in [-0.05, 0) is 38.9 Å². The first-order valence-corrected chi connectivity index (χ1v) is 9.99. The Morgan fingerprint density at radius 2 is 1.92 bits per heavy atom. The maximum Gasteiger partial charge on any atom is 0.243 e. The van der Waals surface area contributed by atoms with Crippen molar-refractivity contribution in [3.8, 4) is 0 Å². The predicted octanol–water partition coefficient (Wildman–Crippen LogP) is 2.21. The molecule has 0 saturated carbocycles. The van der Waals surface area contributed by atoms with Crippen molar-refractivity contribution in [2.45, 2.75) is 43.0 Å². The zero-order valence-electron chi connectivity index (χ0n) is 15.0. The number of benzene rings is 1. The smallest absolute Gasteiger partial charge is 0.243 e. The quantitative estimate of drug-likeness (QED) is 0.799. The summed E-state index contributed by atoms with van der Waals surface area (Å²) in [6.07, 6.45) is 2.09. The molecule has 144 valence electrons. The Balaban J connectivity index is 0.00000243. The summed E-state index contributed by atoms with van der Waals surface area (Å²) < 4.78 is 32.3. The summed E-state index contributed by atoms with van der Waals surface area (Å²) in [4.78, 5) is 4.82. The van der Waals surface area contributed by atoms with E-state index in [9.17, 15) is 8.42 Å². The number of rotatable bonds is 6. The van der Waals surface area contributed by atoms with Crippen LogP contribution in [0.25, 0.3) is 0 Å². The number of nitrogens with zero attached hydrogens (tertiary/aromatic N) is 3. The van der Waals surface area contributed by atoms with Crippen LogP contribution in [0.5, 0.6) is 0 Å².